The molecule has 1 rings (SSSR count). The van der Waals surface area contributed by atoms with Gasteiger partial charge in [0.1, 0.15) is 0 Å². The van der Waals surface area contributed by atoms with E-state index in [1.54, 1.807) is 0 Å². The van der Waals surface area contributed by atoms with Crippen LogP contribution >= 0.6 is 0 Å². The van der Waals surface area contributed by atoms with Gasteiger partial charge >= 0.3 is 0 Å². The van der Waals surface area contributed by atoms with E-state index in [4.69, 9.17) is 0 Å². The SMILES string of the molecule is CC(C)C[C@H]1CS(=O)(=O)CCN1. The molecule has 1 aliphatic heterocycles. The van der Waals surface area contributed by atoms with Gasteiger partial charge in [-0.05, 0) is 12.3 Å². The van der Waals surface area contributed by atoms with E-state index in [0.29, 0.717) is 24.0 Å². The zero-order valence-corrected chi connectivity index (χ0v) is 8.52. The van der Waals surface area contributed by atoms with Crippen LogP contribution in [0, 0.1) is 5.92 Å². The van der Waals surface area contributed by atoms with Crippen LogP contribution in [0.15, 0.2) is 0 Å². The maximum absolute atomic E-state index is 11.2. The molecule has 3 nitrogen and oxygen atoms in total. The lowest BCUT2D eigenvalue weighted by Gasteiger charge is -2.24. The highest BCUT2D eigenvalue weighted by molar-refractivity contribution is 7.91. The van der Waals surface area contributed by atoms with Gasteiger partial charge in [0.05, 0.1) is 11.5 Å². The Hall–Kier alpha value is -0.0900. The second-order valence-electron chi connectivity index (χ2n) is 3.89. The smallest absolute Gasteiger partial charge is 0.153 e. The highest BCUT2D eigenvalue weighted by Gasteiger charge is 2.24. The van der Waals surface area contributed by atoms with E-state index in [1.165, 1.54) is 0 Å². The van der Waals surface area contributed by atoms with Gasteiger partial charge in [-0.1, -0.05) is 13.8 Å². The first-order valence-corrected chi connectivity index (χ1v) is 6.25. The van der Waals surface area contributed by atoms with Crippen molar-refractivity contribution in [2.24, 2.45) is 5.92 Å². The first-order valence-electron chi connectivity index (χ1n) is 4.43. The summed E-state index contributed by atoms with van der Waals surface area (Å²) in [5, 5.41) is 3.23. The van der Waals surface area contributed by atoms with E-state index in [-0.39, 0.29) is 6.04 Å². The van der Waals surface area contributed by atoms with Crippen LogP contribution < -0.4 is 5.32 Å². The Morgan fingerprint density at radius 3 is 2.67 bits per heavy atom. The number of hydrogen-bond acceptors (Lipinski definition) is 3. The molecule has 0 unspecified atom stereocenters. The fourth-order valence-corrected chi connectivity index (χ4v) is 3.05. The molecule has 0 aliphatic carbocycles. The molecule has 1 N–H and O–H groups in total. The van der Waals surface area contributed by atoms with E-state index in [2.05, 4.69) is 19.2 Å². The Balaban J connectivity index is 2.47. The first-order chi connectivity index (χ1) is 5.49. The average molecular weight is 191 g/mol. The molecule has 0 spiro atoms. The van der Waals surface area contributed by atoms with E-state index in [1.807, 2.05) is 0 Å². The average Bonchev–Trinajstić information content (AvgIpc) is 1.82. The molecule has 0 bridgehead atoms. The molecule has 72 valence electrons. The summed E-state index contributed by atoms with van der Waals surface area (Å²) in [4.78, 5) is 0. The lowest BCUT2D eigenvalue weighted by Crippen LogP contribution is -2.45. The number of rotatable bonds is 2. The van der Waals surface area contributed by atoms with Gasteiger partial charge in [-0.15, -0.1) is 0 Å². The quantitative estimate of drug-likeness (QED) is 0.688. The van der Waals surface area contributed by atoms with E-state index in [9.17, 15) is 8.42 Å². The molecule has 0 amide bonds. The third-order valence-corrected chi connectivity index (χ3v) is 3.79. The normalized spacial score (nSPS) is 29.1. The van der Waals surface area contributed by atoms with E-state index in [0.717, 1.165) is 6.42 Å². The highest BCUT2D eigenvalue weighted by atomic mass is 32.2. The monoisotopic (exact) mass is 191 g/mol. The first kappa shape index (κ1) is 9.99. The molecule has 1 atom stereocenters. The van der Waals surface area contributed by atoms with Crippen molar-refractivity contribution in [3.8, 4) is 0 Å². The van der Waals surface area contributed by atoms with Gasteiger partial charge in [0.2, 0.25) is 0 Å². The molecule has 1 heterocycles. The van der Waals surface area contributed by atoms with Crippen LogP contribution in [0.4, 0.5) is 0 Å². The molecule has 0 saturated carbocycles. The molecular formula is C8H17NO2S. The molecule has 4 heteroatoms. The summed E-state index contributed by atoms with van der Waals surface area (Å²) < 4.78 is 22.4. The van der Waals surface area contributed by atoms with Crippen molar-refractivity contribution in [1.82, 2.24) is 5.32 Å². The lowest BCUT2D eigenvalue weighted by molar-refractivity contribution is 0.436. The molecule has 12 heavy (non-hydrogen) atoms. The summed E-state index contributed by atoms with van der Waals surface area (Å²) >= 11 is 0. The zero-order valence-electron chi connectivity index (χ0n) is 7.71. The van der Waals surface area contributed by atoms with Crippen LogP contribution in [-0.4, -0.2) is 32.5 Å². The third-order valence-electron chi connectivity index (χ3n) is 2.06. The minimum Gasteiger partial charge on any atom is -0.312 e. The second kappa shape index (κ2) is 3.75. The fraction of sp³-hybridized carbons (Fsp3) is 1.00. The zero-order chi connectivity index (χ0) is 9.19. The topological polar surface area (TPSA) is 46.2 Å². The van der Waals surface area contributed by atoms with Gasteiger partial charge in [0.25, 0.3) is 0 Å². The van der Waals surface area contributed by atoms with Crippen molar-refractivity contribution in [2.75, 3.05) is 18.1 Å². The molecule has 0 radical (unpaired) electrons. The van der Waals surface area contributed by atoms with E-state index >= 15 is 0 Å². The summed E-state index contributed by atoms with van der Waals surface area (Å²) in [5.74, 6) is 1.20. The minimum absolute atomic E-state index is 0.184. The summed E-state index contributed by atoms with van der Waals surface area (Å²) in [6, 6.07) is 0.184. The van der Waals surface area contributed by atoms with Crippen molar-refractivity contribution < 1.29 is 8.42 Å². The van der Waals surface area contributed by atoms with Gasteiger partial charge in [-0.2, -0.15) is 0 Å². The van der Waals surface area contributed by atoms with Crippen molar-refractivity contribution in [2.45, 2.75) is 26.3 Å². The predicted molar refractivity (Wildman–Crippen MR) is 49.9 cm³/mol. The minimum atomic E-state index is -2.74. The summed E-state index contributed by atoms with van der Waals surface area (Å²) in [6.07, 6.45) is 0.958. The molecule has 0 aromatic heterocycles. The maximum Gasteiger partial charge on any atom is 0.153 e. The standard InChI is InChI=1S/C8H17NO2S/c1-7(2)5-8-6-12(10,11)4-3-9-8/h7-9H,3-6H2,1-2H3/t8-/m0/s1. The predicted octanol–water partition coefficient (Wildman–Crippen LogP) is 0.419. The fourth-order valence-electron chi connectivity index (χ4n) is 1.59. The largest absolute Gasteiger partial charge is 0.312 e. The molecule has 1 saturated heterocycles. The Bertz CT molecular complexity index is 233. The van der Waals surface area contributed by atoms with Crippen LogP contribution in [0.2, 0.25) is 0 Å². The lowest BCUT2D eigenvalue weighted by atomic mass is 10.1. The van der Waals surface area contributed by atoms with Crippen LogP contribution in [0.25, 0.3) is 0 Å². The Morgan fingerprint density at radius 2 is 2.17 bits per heavy atom. The van der Waals surface area contributed by atoms with Crippen molar-refractivity contribution in [3.63, 3.8) is 0 Å². The van der Waals surface area contributed by atoms with Crippen molar-refractivity contribution in [1.29, 1.82) is 0 Å². The van der Waals surface area contributed by atoms with Crippen LogP contribution in [0.1, 0.15) is 20.3 Å². The highest BCUT2D eigenvalue weighted by Crippen LogP contribution is 2.10. The summed E-state index contributed by atoms with van der Waals surface area (Å²) in [7, 11) is -2.74. The third kappa shape index (κ3) is 3.11. The second-order valence-corrected chi connectivity index (χ2v) is 6.12. The van der Waals surface area contributed by atoms with Crippen LogP contribution in [-0.2, 0) is 9.84 Å². The van der Waals surface area contributed by atoms with Crippen molar-refractivity contribution in [3.05, 3.63) is 0 Å². The van der Waals surface area contributed by atoms with Gasteiger partial charge in [0.15, 0.2) is 9.84 Å². The molecule has 1 fully saturated rings. The van der Waals surface area contributed by atoms with Crippen LogP contribution in [0.5, 0.6) is 0 Å². The Morgan fingerprint density at radius 1 is 1.50 bits per heavy atom. The number of sulfone groups is 1. The number of nitrogens with one attached hydrogen (secondary N) is 1. The van der Waals surface area contributed by atoms with Gasteiger partial charge < -0.3 is 5.32 Å². The van der Waals surface area contributed by atoms with Crippen molar-refractivity contribution >= 4 is 9.84 Å². The molecule has 1 aliphatic rings. The molecule has 0 aromatic rings. The van der Waals surface area contributed by atoms with Gasteiger partial charge in [-0.3, -0.25) is 0 Å². The Labute approximate surface area is 74.5 Å². The van der Waals surface area contributed by atoms with Gasteiger partial charge in [0, 0.05) is 12.6 Å². The molecule has 0 aromatic carbocycles. The van der Waals surface area contributed by atoms with E-state index < -0.39 is 9.84 Å². The summed E-state index contributed by atoms with van der Waals surface area (Å²) in [6.45, 7) is 4.85. The van der Waals surface area contributed by atoms with Gasteiger partial charge in [-0.25, -0.2) is 8.42 Å². The Kier molecular flexibility index (Phi) is 3.12. The number of hydrogen-bond donors (Lipinski definition) is 1. The maximum atomic E-state index is 11.2. The summed E-state index contributed by atoms with van der Waals surface area (Å²) in [5.41, 5.74) is 0. The van der Waals surface area contributed by atoms with Crippen LogP contribution in [0.3, 0.4) is 0 Å². The molecular weight excluding hydrogens is 174 g/mol.